The average Bonchev–Trinajstić information content (AvgIpc) is 2.88. The van der Waals surface area contributed by atoms with E-state index in [0.29, 0.717) is 5.69 Å². The van der Waals surface area contributed by atoms with Gasteiger partial charge in [-0.05, 0) is 48.7 Å². The van der Waals surface area contributed by atoms with Gasteiger partial charge in [-0.2, -0.15) is 0 Å². The number of aromatic hydroxyl groups is 1. The molecule has 3 nitrogen and oxygen atoms in total. The van der Waals surface area contributed by atoms with Crippen LogP contribution in [-0.2, 0) is 0 Å². The third-order valence-corrected chi connectivity index (χ3v) is 4.74. The molecule has 4 rings (SSSR count). The molecule has 0 atom stereocenters. The number of phenols is 1. The molecule has 4 aromatic rings. The van der Waals surface area contributed by atoms with Crippen LogP contribution in [0.4, 0.5) is 15.8 Å². The summed E-state index contributed by atoms with van der Waals surface area (Å²) in [7, 11) is 0. The van der Waals surface area contributed by atoms with Crippen molar-refractivity contribution in [2.45, 2.75) is 6.92 Å². The highest BCUT2D eigenvalue weighted by Gasteiger charge is 2.08. The first kappa shape index (κ1) is 14.0. The summed E-state index contributed by atoms with van der Waals surface area (Å²) in [6.45, 7) is 2.08. The molecule has 0 spiro atoms. The Bertz CT molecular complexity index is 1040. The molecule has 2 N–H and O–H groups in total. The molecule has 0 saturated carbocycles. The van der Waals surface area contributed by atoms with E-state index < -0.39 is 5.82 Å². The number of thiophene rings is 1. The van der Waals surface area contributed by atoms with Gasteiger partial charge in [-0.25, -0.2) is 4.39 Å². The Morgan fingerprint density at radius 2 is 2.00 bits per heavy atom. The molecule has 0 aliphatic heterocycles. The van der Waals surface area contributed by atoms with Gasteiger partial charge in [0.25, 0.3) is 0 Å². The fourth-order valence-electron chi connectivity index (χ4n) is 2.66. The molecule has 0 saturated heterocycles. The zero-order chi connectivity index (χ0) is 16.0. The summed E-state index contributed by atoms with van der Waals surface area (Å²) in [5.41, 5.74) is 2.32. The molecule has 0 bridgehead atoms. The normalized spacial score (nSPS) is 11.2. The number of halogens is 1. The van der Waals surface area contributed by atoms with E-state index in [2.05, 4.69) is 35.4 Å². The zero-order valence-electron chi connectivity index (χ0n) is 12.3. The number of aromatic nitrogens is 1. The molecule has 0 radical (unpaired) electrons. The predicted molar refractivity (Wildman–Crippen MR) is 93.2 cm³/mol. The Labute approximate surface area is 136 Å². The van der Waals surface area contributed by atoms with E-state index in [1.165, 1.54) is 27.1 Å². The van der Waals surface area contributed by atoms with Gasteiger partial charge in [0.05, 0.1) is 5.52 Å². The minimum Gasteiger partial charge on any atom is -0.505 e. The topological polar surface area (TPSA) is 45.2 Å². The molecule has 2 aromatic heterocycles. The van der Waals surface area contributed by atoms with Gasteiger partial charge in [-0.1, -0.05) is 0 Å². The van der Waals surface area contributed by atoms with Gasteiger partial charge in [0.1, 0.15) is 0 Å². The Kier molecular flexibility index (Phi) is 3.16. The highest BCUT2D eigenvalue weighted by molar-refractivity contribution is 7.19. The minimum absolute atomic E-state index is 0.356. The van der Waals surface area contributed by atoms with Crippen LogP contribution in [0.15, 0.2) is 48.7 Å². The second-order valence-corrected chi connectivity index (χ2v) is 6.70. The van der Waals surface area contributed by atoms with Crippen molar-refractivity contribution in [3.8, 4) is 5.75 Å². The molecule has 114 valence electrons. The zero-order valence-corrected chi connectivity index (χ0v) is 13.1. The molecule has 0 aliphatic rings. The maximum Gasteiger partial charge on any atom is 0.166 e. The Balaban J connectivity index is 1.85. The molecule has 0 aliphatic carbocycles. The summed E-state index contributed by atoms with van der Waals surface area (Å²) in [6, 6.07) is 12.4. The highest BCUT2D eigenvalue weighted by Crippen LogP contribution is 2.33. The van der Waals surface area contributed by atoms with Crippen LogP contribution in [-0.4, -0.2) is 10.1 Å². The number of pyridine rings is 1. The summed E-state index contributed by atoms with van der Waals surface area (Å²) in [6.07, 6.45) is 1.73. The first-order valence-electron chi connectivity index (χ1n) is 7.14. The number of aryl methyl sites for hydroxylation is 1. The van der Waals surface area contributed by atoms with Gasteiger partial charge in [0.15, 0.2) is 11.6 Å². The average molecular weight is 324 g/mol. The van der Waals surface area contributed by atoms with Crippen molar-refractivity contribution in [2.75, 3.05) is 5.32 Å². The number of rotatable bonds is 2. The first-order chi connectivity index (χ1) is 11.1. The van der Waals surface area contributed by atoms with Gasteiger partial charge in [0.2, 0.25) is 0 Å². The van der Waals surface area contributed by atoms with E-state index in [1.54, 1.807) is 23.6 Å². The Morgan fingerprint density at radius 3 is 2.83 bits per heavy atom. The summed E-state index contributed by atoms with van der Waals surface area (Å²) in [5, 5.41) is 14.7. The lowest BCUT2D eigenvalue weighted by atomic mass is 10.1. The Hall–Kier alpha value is -2.66. The third kappa shape index (κ3) is 2.49. The molecule has 2 aromatic carbocycles. The van der Waals surface area contributed by atoms with Crippen molar-refractivity contribution in [3.63, 3.8) is 0 Å². The fourth-order valence-corrected chi connectivity index (χ4v) is 3.61. The van der Waals surface area contributed by atoms with Crippen molar-refractivity contribution < 1.29 is 9.50 Å². The summed E-state index contributed by atoms with van der Waals surface area (Å²) in [5.74, 6) is -1.00. The van der Waals surface area contributed by atoms with E-state index in [-0.39, 0.29) is 5.75 Å². The molecule has 0 unspecified atom stereocenters. The highest BCUT2D eigenvalue weighted by atomic mass is 32.1. The van der Waals surface area contributed by atoms with Gasteiger partial charge < -0.3 is 10.4 Å². The third-order valence-electron chi connectivity index (χ3n) is 3.73. The van der Waals surface area contributed by atoms with E-state index in [9.17, 15) is 9.50 Å². The number of hydrogen-bond acceptors (Lipinski definition) is 4. The molecule has 5 heteroatoms. The number of anilines is 2. The van der Waals surface area contributed by atoms with Gasteiger partial charge in [-0.15, -0.1) is 11.3 Å². The van der Waals surface area contributed by atoms with Crippen LogP contribution < -0.4 is 5.32 Å². The molecular weight excluding hydrogens is 311 g/mol. The van der Waals surface area contributed by atoms with Crippen LogP contribution in [0, 0.1) is 12.7 Å². The molecule has 2 heterocycles. The molecule has 23 heavy (non-hydrogen) atoms. The van der Waals surface area contributed by atoms with Crippen molar-refractivity contribution in [3.05, 3.63) is 59.4 Å². The number of nitrogens with one attached hydrogen (secondary N) is 1. The summed E-state index contributed by atoms with van der Waals surface area (Å²) >= 11 is 1.74. The number of nitrogens with zero attached hydrogens (tertiary/aromatic N) is 1. The van der Waals surface area contributed by atoms with E-state index in [1.807, 2.05) is 6.07 Å². The maximum absolute atomic E-state index is 13.5. The van der Waals surface area contributed by atoms with Crippen molar-refractivity contribution in [1.29, 1.82) is 0 Å². The SMILES string of the molecule is Cc1cc2cc3nccc(Nc4ccc(O)c(F)c4)c3cc2s1. The van der Waals surface area contributed by atoms with Crippen molar-refractivity contribution in [2.24, 2.45) is 0 Å². The summed E-state index contributed by atoms with van der Waals surface area (Å²) in [4.78, 5) is 5.68. The van der Waals surface area contributed by atoms with Gasteiger partial charge in [-0.3, -0.25) is 4.98 Å². The van der Waals surface area contributed by atoms with Crippen LogP contribution in [0.1, 0.15) is 4.88 Å². The first-order valence-corrected chi connectivity index (χ1v) is 7.96. The largest absolute Gasteiger partial charge is 0.505 e. The van der Waals surface area contributed by atoms with Crippen LogP contribution in [0.5, 0.6) is 5.75 Å². The lowest BCUT2D eigenvalue weighted by molar-refractivity contribution is 0.432. The summed E-state index contributed by atoms with van der Waals surface area (Å²) < 4.78 is 14.7. The van der Waals surface area contributed by atoms with Crippen molar-refractivity contribution >= 4 is 43.7 Å². The second kappa shape index (κ2) is 5.21. The molecule has 0 fully saturated rings. The quantitative estimate of drug-likeness (QED) is 0.489. The van der Waals surface area contributed by atoms with E-state index in [4.69, 9.17) is 0 Å². The van der Waals surface area contributed by atoms with E-state index in [0.717, 1.165) is 16.6 Å². The second-order valence-electron chi connectivity index (χ2n) is 5.41. The molecule has 0 amide bonds. The van der Waals surface area contributed by atoms with Crippen LogP contribution >= 0.6 is 11.3 Å². The smallest absolute Gasteiger partial charge is 0.166 e. The van der Waals surface area contributed by atoms with Gasteiger partial charge in [0, 0.05) is 38.6 Å². The van der Waals surface area contributed by atoms with Crippen LogP contribution in [0.3, 0.4) is 0 Å². The van der Waals surface area contributed by atoms with Gasteiger partial charge >= 0.3 is 0 Å². The fraction of sp³-hybridized carbons (Fsp3) is 0.0556. The lowest BCUT2D eigenvalue weighted by Crippen LogP contribution is -1.93. The number of benzene rings is 2. The number of phenolic OH excluding ortho intramolecular Hbond substituents is 1. The van der Waals surface area contributed by atoms with Crippen molar-refractivity contribution in [1.82, 2.24) is 4.98 Å². The minimum atomic E-state index is -0.648. The van der Waals surface area contributed by atoms with E-state index >= 15 is 0 Å². The maximum atomic E-state index is 13.5. The number of hydrogen-bond donors (Lipinski definition) is 2. The standard InChI is InChI=1S/C18H13FN2OS/c1-10-6-11-7-16-13(9-18(11)23-10)15(4-5-20-16)21-12-2-3-17(22)14(19)8-12/h2-9,22H,1H3,(H,20,21). The Morgan fingerprint density at radius 1 is 1.13 bits per heavy atom. The molecular formula is C18H13FN2OS. The monoisotopic (exact) mass is 324 g/mol. The van der Waals surface area contributed by atoms with Crippen LogP contribution in [0.25, 0.3) is 21.0 Å². The van der Waals surface area contributed by atoms with Crippen LogP contribution in [0.2, 0.25) is 0 Å². The number of fused-ring (bicyclic) bond motifs is 2. The lowest BCUT2D eigenvalue weighted by Gasteiger charge is -2.10. The predicted octanol–water partition coefficient (Wildman–Crippen LogP) is 5.35.